The Balaban J connectivity index is 0.00000341. The molecule has 0 fully saturated rings. The summed E-state index contributed by atoms with van der Waals surface area (Å²) in [4.78, 5) is 11.0. The van der Waals surface area contributed by atoms with E-state index in [0.717, 1.165) is 31.9 Å². The predicted octanol–water partition coefficient (Wildman–Crippen LogP) is 3.75. The van der Waals surface area contributed by atoms with Crippen LogP contribution < -0.4 is 10.6 Å². The molecule has 0 aliphatic heterocycles. The van der Waals surface area contributed by atoms with E-state index >= 15 is 0 Å². The Bertz CT molecular complexity index is 974. The minimum absolute atomic E-state index is 0. The molecule has 0 aliphatic carbocycles. The molecule has 2 aromatic heterocycles. The Hall–Kier alpha value is -3.33. The van der Waals surface area contributed by atoms with Crippen molar-refractivity contribution in [3.05, 3.63) is 59.8 Å². The number of hydrogen-bond donors (Lipinski definition) is 3. The zero-order valence-corrected chi connectivity index (χ0v) is 17.3. The average molecular weight is 413 g/mol. The number of nitrogens with zero attached hydrogens (tertiary/aromatic N) is 5. The van der Waals surface area contributed by atoms with E-state index < -0.39 is 0 Å². The minimum atomic E-state index is -0.286. The summed E-state index contributed by atoms with van der Waals surface area (Å²) in [6, 6.07) is 6.55. The van der Waals surface area contributed by atoms with Crippen LogP contribution in [0.2, 0.25) is 0 Å². The van der Waals surface area contributed by atoms with Gasteiger partial charge in [-0.15, -0.1) is 0 Å². The molecule has 30 heavy (non-hydrogen) atoms. The van der Waals surface area contributed by atoms with Crippen LogP contribution in [0.3, 0.4) is 0 Å². The summed E-state index contributed by atoms with van der Waals surface area (Å²) < 4.78 is 15.7. The Morgan fingerprint density at radius 1 is 1.23 bits per heavy atom. The smallest absolute Gasteiger partial charge is 0.229 e. The van der Waals surface area contributed by atoms with Gasteiger partial charge in [0.15, 0.2) is 0 Å². The van der Waals surface area contributed by atoms with Crippen LogP contribution in [0, 0.1) is 11.2 Å². The van der Waals surface area contributed by atoms with E-state index in [-0.39, 0.29) is 13.8 Å². The summed E-state index contributed by atoms with van der Waals surface area (Å²) in [5, 5.41) is 18.2. The van der Waals surface area contributed by atoms with Crippen LogP contribution in [0.5, 0.6) is 0 Å². The summed E-state index contributed by atoms with van der Waals surface area (Å²) in [6.45, 7) is 8.30. The maximum atomic E-state index is 13.9. The molecule has 3 aromatic rings. The van der Waals surface area contributed by atoms with Crippen molar-refractivity contribution in [2.24, 2.45) is 0 Å². The van der Waals surface area contributed by atoms with Gasteiger partial charge in [-0.2, -0.15) is 10.1 Å². The van der Waals surface area contributed by atoms with Crippen molar-refractivity contribution in [3.63, 3.8) is 0 Å². The first kappa shape index (κ1) is 21.4. The number of nitrogens with one attached hydrogen (secondary N) is 3. The Morgan fingerprint density at radius 2 is 2.03 bits per heavy atom. The molecule has 0 bridgehead atoms. The van der Waals surface area contributed by atoms with Crippen molar-refractivity contribution >= 4 is 23.7 Å². The van der Waals surface area contributed by atoms with Crippen molar-refractivity contribution in [1.82, 2.24) is 24.6 Å². The van der Waals surface area contributed by atoms with Crippen molar-refractivity contribution in [2.75, 3.05) is 30.3 Å². The second kappa shape index (κ2) is 10.4. The van der Waals surface area contributed by atoms with Gasteiger partial charge in [0.05, 0.1) is 24.0 Å². The third-order valence-corrected chi connectivity index (χ3v) is 4.81. The van der Waals surface area contributed by atoms with E-state index in [1.165, 1.54) is 12.3 Å². The Morgan fingerprint density at radius 3 is 2.77 bits per heavy atom. The molecule has 0 saturated heterocycles. The van der Waals surface area contributed by atoms with E-state index in [1.54, 1.807) is 30.6 Å². The predicted molar refractivity (Wildman–Crippen MR) is 119 cm³/mol. The maximum Gasteiger partial charge on any atom is 0.229 e. The molecule has 3 N–H and O–H groups in total. The van der Waals surface area contributed by atoms with E-state index in [4.69, 9.17) is 5.41 Å². The number of hydrogen-bond acceptors (Lipinski definition) is 7. The zero-order chi connectivity index (χ0) is 21.3. The first-order valence-corrected chi connectivity index (χ1v) is 9.99. The molecular formula is C21H29FN8. The van der Waals surface area contributed by atoms with E-state index in [1.807, 2.05) is 10.9 Å². The van der Waals surface area contributed by atoms with Crippen LogP contribution in [0.25, 0.3) is 0 Å². The molecular weight excluding hydrogens is 383 g/mol. The van der Waals surface area contributed by atoms with Crippen LogP contribution in [-0.4, -0.2) is 50.5 Å². The standard InChI is InChI=1S/C21H27FN8.H2/c1-3-29(4-2)9-10-30-15-18(14-26-30)27-21-25-13-17(11-23)20(28-21)24-12-16-7-5-6-8-19(16)22;/h5-8,11,13-15,23H,3-4,9-10,12H2,1-2H3,(H2,24,25,27,28);1H. The molecule has 0 radical (unpaired) electrons. The number of likely N-dealkylation sites (N-methyl/N-ethyl adjacent to an activating group) is 1. The largest absolute Gasteiger partial charge is 0.365 e. The summed E-state index contributed by atoms with van der Waals surface area (Å²) in [5.41, 5.74) is 1.82. The van der Waals surface area contributed by atoms with Gasteiger partial charge >= 0.3 is 0 Å². The van der Waals surface area contributed by atoms with E-state index in [2.05, 4.69) is 44.4 Å². The third kappa shape index (κ3) is 5.60. The lowest BCUT2D eigenvalue weighted by Gasteiger charge is -2.17. The zero-order valence-electron chi connectivity index (χ0n) is 17.3. The molecule has 0 saturated carbocycles. The molecule has 3 rings (SSSR count). The van der Waals surface area contributed by atoms with Gasteiger partial charge in [0.2, 0.25) is 5.95 Å². The van der Waals surface area contributed by atoms with Gasteiger partial charge in [-0.25, -0.2) is 9.37 Å². The molecule has 8 nitrogen and oxygen atoms in total. The van der Waals surface area contributed by atoms with Crippen LogP contribution >= 0.6 is 0 Å². The molecule has 0 unspecified atom stereocenters. The van der Waals surface area contributed by atoms with Crippen LogP contribution in [0.15, 0.2) is 42.9 Å². The van der Waals surface area contributed by atoms with Crippen molar-refractivity contribution in [3.8, 4) is 0 Å². The van der Waals surface area contributed by atoms with Crippen molar-refractivity contribution < 1.29 is 5.82 Å². The minimum Gasteiger partial charge on any atom is -0.365 e. The third-order valence-electron chi connectivity index (χ3n) is 4.81. The SMILES string of the molecule is CCN(CC)CCn1cc(Nc2ncc(C=N)c(NCc3ccccc3F)n2)cn1.[HH]. The summed E-state index contributed by atoms with van der Waals surface area (Å²) in [5.74, 6) is 0.547. The monoisotopic (exact) mass is 412 g/mol. The summed E-state index contributed by atoms with van der Waals surface area (Å²) in [7, 11) is 0. The van der Waals surface area contributed by atoms with Crippen LogP contribution in [-0.2, 0) is 13.1 Å². The average Bonchev–Trinajstić information content (AvgIpc) is 3.21. The molecule has 1 aromatic carbocycles. The lowest BCUT2D eigenvalue weighted by atomic mass is 10.2. The topological polar surface area (TPSA) is 94.8 Å². The summed E-state index contributed by atoms with van der Waals surface area (Å²) >= 11 is 0. The van der Waals surface area contributed by atoms with Gasteiger partial charge in [0, 0.05) is 38.7 Å². The molecule has 0 atom stereocenters. The van der Waals surface area contributed by atoms with Gasteiger partial charge in [0.25, 0.3) is 0 Å². The van der Waals surface area contributed by atoms with Crippen molar-refractivity contribution in [2.45, 2.75) is 26.9 Å². The normalized spacial score (nSPS) is 10.9. The summed E-state index contributed by atoms with van der Waals surface area (Å²) in [6.07, 6.45) is 6.35. The fourth-order valence-corrected chi connectivity index (χ4v) is 2.98. The van der Waals surface area contributed by atoms with Gasteiger partial charge in [-0.3, -0.25) is 4.68 Å². The van der Waals surface area contributed by atoms with Gasteiger partial charge in [-0.05, 0) is 19.2 Å². The number of halogens is 1. The van der Waals surface area contributed by atoms with Gasteiger partial charge < -0.3 is 20.9 Å². The highest BCUT2D eigenvalue weighted by atomic mass is 19.1. The Labute approximate surface area is 177 Å². The molecule has 160 valence electrons. The maximum absolute atomic E-state index is 13.9. The van der Waals surface area contributed by atoms with Gasteiger partial charge in [-0.1, -0.05) is 32.0 Å². The molecule has 0 spiro atoms. The van der Waals surface area contributed by atoms with Gasteiger partial charge in [0.1, 0.15) is 11.6 Å². The fraction of sp³-hybridized carbons (Fsp3) is 0.333. The first-order valence-electron chi connectivity index (χ1n) is 9.99. The number of benzene rings is 1. The molecule has 0 amide bonds. The first-order chi connectivity index (χ1) is 14.6. The highest BCUT2D eigenvalue weighted by Crippen LogP contribution is 2.17. The lowest BCUT2D eigenvalue weighted by Crippen LogP contribution is -2.27. The number of aromatic nitrogens is 4. The second-order valence-electron chi connectivity index (χ2n) is 6.73. The van der Waals surface area contributed by atoms with Crippen molar-refractivity contribution in [1.29, 1.82) is 5.41 Å². The highest BCUT2D eigenvalue weighted by Gasteiger charge is 2.09. The quantitative estimate of drug-likeness (QED) is 0.415. The molecule has 0 aliphatic rings. The lowest BCUT2D eigenvalue weighted by molar-refractivity contribution is 0.285. The second-order valence-corrected chi connectivity index (χ2v) is 6.73. The molecule has 9 heteroatoms. The van der Waals surface area contributed by atoms with E-state index in [9.17, 15) is 4.39 Å². The molecule has 2 heterocycles. The van der Waals surface area contributed by atoms with Crippen LogP contribution in [0.4, 0.5) is 21.8 Å². The van der Waals surface area contributed by atoms with Crippen LogP contribution in [0.1, 0.15) is 26.4 Å². The fourth-order valence-electron chi connectivity index (χ4n) is 2.98. The highest BCUT2D eigenvalue weighted by molar-refractivity contribution is 5.84. The number of rotatable bonds is 11. The number of anilines is 3. The Kier molecular flexibility index (Phi) is 7.45. The van der Waals surface area contributed by atoms with E-state index in [0.29, 0.717) is 22.9 Å².